The molecule has 0 saturated heterocycles. The van der Waals surface area contributed by atoms with Crippen LogP contribution in [-0.2, 0) is 38.7 Å². The van der Waals surface area contributed by atoms with E-state index in [0.717, 1.165) is 22.1 Å². The Bertz CT molecular complexity index is 1580. The Labute approximate surface area is 245 Å². The van der Waals surface area contributed by atoms with Gasteiger partial charge in [0.25, 0.3) is 5.56 Å². The van der Waals surface area contributed by atoms with Crippen molar-refractivity contribution >= 4 is 29.1 Å². The van der Waals surface area contributed by atoms with Crippen molar-refractivity contribution in [3.63, 3.8) is 0 Å². The fourth-order valence-corrected chi connectivity index (χ4v) is 5.70. The number of nitrogens with one attached hydrogen (secondary N) is 1. The SMILES string of the molecule is CC.CC.CC.Cc1c(F)cc2nc3c(c4c2c1CCC4NC(=O)CCC=O)Cn1c-3cc2c(c1=O)COC(=O)C2O. The Hall–Kier alpha value is -3.92. The summed E-state index contributed by atoms with van der Waals surface area (Å²) in [4.78, 5) is 53.3. The molecule has 0 bridgehead atoms. The summed E-state index contributed by atoms with van der Waals surface area (Å²) in [5.41, 5.74) is 4.14. The zero-order chi connectivity index (χ0) is 31.3. The minimum atomic E-state index is -1.58. The van der Waals surface area contributed by atoms with Crippen LogP contribution in [0.3, 0.4) is 0 Å². The summed E-state index contributed by atoms with van der Waals surface area (Å²) < 4.78 is 21.3. The zero-order valence-corrected chi connectivity index (χ0v) is 25.4. The quantitative estimate of drug-likeness (QED) is 0.253. The third-order valence-corrected chi connectivity index (χ3v) is 7.47. The number of esters is 1. The molecule has 0 radical (unpaired) electrons. The van der Waals surface area contributed by atoms with E-state index in [1.54, 1.807) is 13.0 Å². The Kier molecular flexibility index (Phi) is 10.7. The van der Waals surface area contributed by atoms with Crippen LogP contribution >= 0.6 is 0 Å². The summed E-state index contributed by atoms with van der Waals surface area (Å²) >= 11 is 0. The predicted molar refractivity (Wildman–Crippen MR) is 159 cm³/mol. The molecule has 0 saturated carbocycles. The van der Waals surface area contributed by atoms with E-state index in [1.807, 2.05) is 41.5 Å². The van der Waals surface area contributed by atoms with Crippen molar-refractivity contribution in [3.05, 3.63) is 61.7 Å². The maximum absolute atomic E-state index is 14.8. The van der Waals surface area contributed by atoms with Crippen LogP contribution in [0.5, 0.6) is 0 Å². The highest BCUT2D eigenvalue weighted by atomic mass is 19.1. The van der Waals surface area contributed by atoms with Gasteiger partial charge in [0, 0.05) is 35.4 Å². The second kappa shape index (κ2) is 13.8. The van der Waals surface area contributed by atoms with Gasteiger partial charge in [-0.1, -0.05) is 41.5 Å². The number of nitrogens with zero attached hydrogens (tertiary/aromatic N) is 2. The minimum absolute atomic E-state index is 0.0596. The number of aromatic nitrogens is 2. The van der Waals surface area contributed by atoms with E-state index in [1.165, 1.54) is 10.6 Å². The maximum Gasteiger partial charge on any atom is 0.340 e. The number of carbonyl (C=O) groups is 3. The topological polar surface area (TPSA) is 128 Å². The number of aryl methyl sites for hydroxylation is 1. The highest BCUT2D eigenvalue weighted by Gasteiger charge is 2.37. The van der Waals surface area contributed by atoms with Crippen LogP contribution in [0, 0.1) is 12.7 Å². The van der Waals surface area contributed by atoms with Gasteiger partial charge in [-0.05, 0) is 42.5 Å². The number of ether oxygens (including phenoxy) is 1. The molecule has 9 nitrogen and oxygen atoms in total. The van der Waals surface area contributed by atoms with E-state index >= 15 is 0 Å². The fourth-order valence-electron chi connectivity index (χ4n) is 5.70. The molecule has 2 aromatic heterocycles. The molecule has 226 valence electrons. The van der Waals surface area contributed by atoms with Crippen LogP contribution in [0.4, 0.5) is 4.39 Å². The number of aldehydes is 1. The summed E-state index contributed by atoms with van der Waals surface area (Å²) in [5, 5.41) is 14.1. The molecular weight excluding hydrogens is 541 g/mol. The first-order valence-corrected chi connectivity index (χ1v) is 14.8. The first-order valence-electron chi connectivity index (χ1n) is 14.8. The molecular formula is C32H40FN3O6. The number of pyridine rings is 2. The number of benzene rings is 1. The number of hydrogen-bond donors (Lipinski definition) is 2. The molecule has 2 N–H and O–H groups in total. The van der Waals surface area contributed by atoms with Gasteiger partial charge < -0.3 is 24.5 Å². The highest BCUT2D eigenvalue weighted by molar-refractivity contribution is 5.93. The fraction of sp³-hybridized carbons (Fsp3) is 0.469. The van der Waals surface area contributed by atoms with Crippen molar-refractivity contribution in [2.45, 2.75) is 99.4 Å². The van der Waals surface area contributed by atoms with E-state index in [0.29, 0.717) is 41.6 Å². The van der Waals surface area contributed by atoms with Crippen LogP contribution in [0.1, 0.15) is 106 Å². The summed E-state index contributed by atoms with van der Waals surface area (Å²) in [5.74, 6) is -1.48. The monoisotopic (exact) mass is 581 g/mol. The van der Waals surface area contributed by atoms with E-state index in [4.69, 9.17) is 9.72 Å². The Morgan fingerprint density at radius 1 is 1.14 bits per heavy atom. The number of aliphatic hydroxyl groups excluding tert-OH is 1. The number of halogens is 1. The Balaban J connectivity index is 0.000000760. The summed E-state index contributed by atoms with van der Waals surface area (Å²) in [6.07, 6.45) is 0.352. The molecule has 6 rings (SSSR count). The summed E-state index contributed by atoms with van der Waals surface area (Å²) in [7, 11) is 0. The molecule has 0 spiro atoms. The largest absolute Gasteiger partial charge is 0.458 e. The van der Waals surface area contributed by atoms with Crippen molar-refractivity contribution in [2.75, 3.05) is 0 Å². The van der Waals surface area contributed by atoms with Gasteiger partial charge in [0.15, 0.2) is 6.10 Å². The number of aliphatic hydroxyl groups is 1. The van der Waals surface area contributed by atoms with E-state index in [-0.39, 0.29) is 48.8 Å². The second-order valence-corrected chi connectivity index (χ2v) is 9.44. The van der Waals surface area contributed by atoms with Crippen molar-refractivity contribution in [3.8, 4) is 11.4 Å². The third kappa shape index (κ3) is 5.47. The maximum atomic E-state index is 14.8. The van der Waals surface area contributed by atoms with Crippen molar-refractivity contribution < 1.29 is 28.6 Å². The van der Waals surface area contributed by atoms with E-state index < -0.39 is 23.7 Å². The molecule has 3 aromatic rings. The average molecular weight is 582 g/mol. The highest BCUT2D eigenvalue weighted by Crippen LogP contribution is 2.45. The molecule has 1 amide bonds. The number of hydrogen-bond acceptors (Lipinski definition) is 7. The average Bonchev–Trinajstić information content (AvgIpc) is 3.39. The van der Waals surface area contributed by atoms with Gasteiger partial charge in [-0.25, -0.2) is 14.2 Å². The molecule has 4 heterocycles. The van der Waals surface area contributed by atoms with Gasteiger partial charge in [0.05, 0.1) is 35.1 Å². The first kappa shape index (κ1) is 32.6. The lowest BCUT2D eigenvalue weighted by Gasteiger charge is -2.29. The van der Waals surface area contributed by atoms with Gasteiger partial charge in [0.2, 0.25) is 5.91 Å². The number of fused-ring (bicyclic) bond motifs is 5. The van der Waals surface area contributed by atoms with Crippen LogP contribution in [0.2, 0.25) is 0 Å². The van der Waals surface area contributed by atoms with Gasteiger partial charge in [-0.15, -0.1) is 0 Å². The molecule has 10 heteroatoms. The van der Waals surface area contributed by atoms with Gasteiger partial charge in [-0.3, -0.25) is 9.59 Å². The second-order valence-electron chi connectivity index (χ2n) is 9.44. The lowest BCUT2D eigenvalue weighted by Crippen LogP contribution is -2.33. The molecule has 3 aliphatic rings. The predicted octanol–water partition coefficient (Wildman–Crippen LogP) is 5.12. The first-order chi connectivity index (χ1) is 20.3. The molecule has 1 aliphatic carbocycles. The molecule has 42 heavy (non-hydrogen) atoms. The van der Waals surface area contributed by atoms with Crippen molar-refractivity contribution in [2.24, 2.45) is 0 Å². The molecule has 2 atom stereocenters. The smallest absolute Gasteiger partial charge is 0.340 e. The molecule has 0 fully saturated rings. The number of rotatable bonds is 4. The Morgan fingerprint density at radius 3 is 2.50 bits per heavy atom. The lowest BCUT2D eigenvalue weighted by molar-refractivity contribution is -0.157. The van der Waals surface area contributed by atoms with Crippen LogP contribution in [0.15, 0.2) is 16.9 Å². The van der Waals surface area contributed by atoms with Gasteiger partial charge in [-0.2, -0.15) is 0 Å². The van der Waals surface area contributed by atoms with E-state index in [2.05, 4.69) is 5.32 Å². The van der Waals surface area contributed by atoms with Crippen LogP contribution in [-0.4, -0.2) is 32.8 Å². The standard InChI is InChI=1S/C26H22FN3O6.3C2H6/c1-11-12-4-5-17(28-20(32)3-2-6-31)22-14-9-30-19(23(14)29-18(21(12)22)8-16(11)27)7-13-15(25(30)34)10-36-26(35)24(13)33;3*1-2/h6-8,17,24,33H,2-5,9-10H2,1H3,(H,28,32);3*1-2H3. The van der Waals surface area contributed by atoms with E-state index in [9.17, 15) is 28.7 Å². The van der Waals surface area contributed by atoms with Crippen molar-refractivity contribution in [1.82, 2.24) is 14.9 Å². The number of cyclic esters (lactones) is 1. The minimum Gasteiger partial charge on any atom is -0.458 e. The van der Waals surface area contributed by atoms with Gasteiger partial charge >= 0.3 is 5.97 Å². The third-order valence-electron chi connectivity index (χ3n) is 7.47. The lowest BCUT2D eigenvalue weighted by atomic mass is 9.81. The number of amides is 1. The number of carbonyl (C=O) groups excluding carboxylic acids is 3. The van der Waals surface area contributed by atoms with Crippen molar-refractivity contribution in [1.29, 1.82) is 0 Å². The molecule has 2 unspecified atom stereocenters. The van der Waals surface area contributed by atoms with Crippen LogP contribution < -0.4 is 10.9 Å². The summed E-state index contributed by atoms with van der Waals surface area (Å²) in [6, 6.07) is 2.53. The van der Waals surface area contributed by atoms with Gasteiger partial charge in [0.1, 0.15) is 18.7 Å². The molecule has 1 aromatic carbocycles. The molecule has 2 aliphatic heterocycles. The Morgan fingerprint density at radius 2 is 1.83 bits per heavy atom. The summed E-state index contributed by atoms with van der Waals surface area (Å²) in [6.45, 7) is 13.7. The normalized spacial score (nSPS) is 17.0. The zero-order valence-electron chi connectivity index (χ0n) is 25.4. The van der Waals surface area contributed by atoms with Crippen LogP contribution in [0.25, 0.3) is 22.3 Å².